The first kappa shape index (κ1) is 16.3. The highest BCUT2D eigenvalue weighted by Crippen LogP contribution is 2.15. The molecule has 1 aromatic heterocycles. The number of carbonyl (C=O) groups excluding carboxylic acids is 1. The van der Waals surface area contributed by atoms with Crippen molar-refractivity contribution in [2.75, 3.05) is 13.1 Å². The Morgan fingerprint density at radius 3 is 2.95 bits per heavy atom. The lowest BCUT2D eigenvalue weighted by molar-refractivity contribution is -0.385. The number of nitrogens with zero attached hydrogens (tertiary/aromatic N) is 2. The summed E-state index contributed by atoms with van der Waals surface area (Å²) >= 11 is 0. The average molecular weight is 301 g/mol. The Kier molecular flexibility index (Phi) is 5.84. The van der Waals surface area contributed by atoms with E-state index in [2.05, 4.69) is 15.6 Å². The zero-order valence-electron chi connectivity index (χ0n) is 11.1. The van der Waals surface area contributed by atoms with Gasteiger partial charge in [0.25, 0.3) is 11.6 Å². The first-order valence-electron chi connectivity index (χ1n) is 6.20. The maximum absolute atomic E-state index is 12.1. The Balaban J connectivity index is 0.00000200. The number of nitro groups is 1. The van der Waals surface area contributed by atoms with Crippen molar-refractivity contribution in [3.8, 4) is 0 Å². The van der Waals surface area contributed by atoms with Crippen molar-refractivity contribution in [3.63, 3.8) is 0 Å². The number of hydrogen-bond acceptors (Lipinski definition) is 5. The maximum atomic E-state index is 12.1. The third kappa shape index (κ3) is 3.88. The molecule has 0 saturated carbocycles. The van der Waals surface area contributed by atoms with E-state index in [1.54, 1.807) is 6.92 Å². The van der Waals surface area contributed by atoms with Gasteiger partial charge in [-0.15, -0.1) is 12.4 Å². The van der Waals surface area contributed by atoms with E-state index in [1.165, 1.54) is 6.07 Å². The van der Waals surface area contributed by atoms with Crippen LogP contribution in [0.1, 0.15) is 28.9 Å². The van der Waals surface area contributed by atoms with E-state index in [-0.39, 0.29) is 35.6 Å². The highest BCUT2D eigenvalue weighted by atomic mass is 35.5. The van der Waals surface area contributed by atoms with Crippen molar-refractivity contribution >= 4 is 24.0 Å². The Labute approximate surface area is 122 Å². The van der Waals surface area contributed by atoms with Crippen LogP contribution in [0.5, 0.6) is 0 Å². The van der Waals surface area contributed by atoms with E-state index in [9.17, 15) is 14.9 Å². The van der Waals surface area contributed by atoms with E-state index >= 15 is 0 Å². The van der Waals surface area contributed by atoms with Crippen molar-refractivity contribution in [2.45, 2.75) is 25.8 Å². The fraction of sp³-hybridized carbons (Fsp3) is 0.500. The number of aromatic nitrogens is 1. The first-order valence-corrected chi connectivity index (χ1v) is 6.20. The number of pyridine rings is 1. The molecule has 1 saturated heterocycles. The van der Waals surface area contributed by atoms with Crippen LogP contribution in [0, 0.1) is 17.0 Å². The molecule has 1 aliphatic heterocycles. The van der Waals surface area contributed by atoms with E-state index in [1.807, 2.05) is 0 Å². The number of hydrogen-bond donors (Lipinski definition) is 2. The summed E-state index contributed by atoms with van der Waals surface area (Å²) < 4.78 is 0. The number of aryl methyl sites for hydroxylation is 1. The normalized spacial score (nSPS) is 17.9. The van der Waals surface area contributed by atoms with Gasteiger partial charge in [0.15, 0.2) is 0 Å². The van der Waals surface area contributed by atoms with Crippen LogP contribution in [-0.2, 0) is 0 Å². The smallest absolute Gasteiger partial charge is 0.288 e. The summed E-state index contributed by atoms with van der Waals surface area (Å²) in [4.78, 5) is 26.2. The SMILES string of the molecule is Cc1ncc([N+](=O)[O-])cc1C(=O)NC1CCCNC1.Cl. The van der Waals surface area contributed by atoms with Crippen LogP contribution in [-0.4, -0.2) is 34.9 Å². The Morgan fingerprint density at radius 2 is 2.35 bits per heavy atom. The predicted molar refractivity (Wildman–Crippen MR) is 76.2 cm³/mol. The lowest BCUT2D eigenvalue weighted by Crippen LogP contribution is -2.45. The summed E-state index contributed by atoms with van der Waals surface area (Å²) in [5.41, 5.74) is 0.587. The van der Waals surface area contributed by atoms with Crippen molar-refractivity contribution < 1.29 is 9.72 Å². The summed E-state index contributed by atoms with van der Waals surface area (Å²) in [7, 11) is 0. The molecule has 0 radical (unpaired) electrons. The van der Waals surface area contributed by atoms with Gasteiger partial charge in [0.05, 0.1) is 16.2 Å². The highest BCUT2D eigenvalue weighted by molar-refractivity contribution is 5.95. The Morgan fingerprint density at radius 1 is 1.60 bits per heavy atom. The lowest BCUT2D eigenvalue weighted by Gasteiger charge is -2.23. The number of carbonyl (C=O) groups is 1. The molecule has 1 amide bonds. The van der Waals surface area contributed by atoms with Gasteiger partial charge in [0.2, 0.25) is 0 Å². The van der Waals surface area contributed by atoms with Gasteiger partial charge in [-0.25, -0.2) is 0 Å². The van der Waals surface area contributed by atoms with Gasteiger partial charge in [-0.3, -0.25) is 19.9 Å². The minimum atomic E-state index is -0.550. The summed E-state index contributed by atoms with van der Waals surface area (Å²) in [5, 5.41) is 16.8. The molecule has 0 aliphatic carbocycles. The number of rotatable bonds is 3. The molecule has 1 fully saturated rings. The summed E-state index contributed by atoms with van der Waals surface area (Å²) in [6, 6.07) is 1.34. The minimum absolute atomic E-state index is 0. The molecule has 7 nitrogen and oxygen atoms in total. The van der Waals surface area contributed by atoms with Gasteiger partial charge in [-0.05, 0) is 26.3 Å². The lowest BCUT2D eigenvalue weighted by atomic mass is 10.1. The average Bonchev–Trinajstić information content (AvgIpc) is 2.40. The van der Waals surface area contributed by atoms with Crippen LogP contribution in [0.4, 0.5) is 5.69 Å². The molecule has 20 heavy (non-hydrogen) atoms. The van der Waals surface area contributed by atoms with Crippen LogP contribution >= 0.6 is 12.4 Å². The van der Waals surface area contributed by atoms with Crippen LogP contribution in [0.2, 0.25) is 0 Å². The van der Waals surface area contributed by atoms with Gasteiger partial charge in [-0.1, -0.05) is 0 Å². The van der Waals surface area contributed by atoms with Gasteiger partial charge in [0.1, 0.15) is 6.20 Å². The van der Waals surface area contributed by atoms with Crippen LogP contribution < -0.4 is 10.6 Å². The Bertz CT molecular complexity index is 503. The largest absolute Gasteiger partial charge is 0.348 e. The predicted octanol–water partition coefficient (Wildman–Crippen LogP) is 1.20. The van der Waals surface area contributed by atoms with Crippen molar-refractivity contribution in [2.24, 2.45) is 0 Å². The number of amides is 1. The van der Waals surface area contributed by atoms with Gasteiger partial charge in [0, 0.05) is 18.7 Å². The fourth-order valence-corrected chi connectivity index (χ4v) is 2.09. The molecular weight excluding hydrogens is 284 g/mol. The highest BCUT2D eigenvalue weighted by Gasteiger charge is 2.20. The molecule has 1 aliphatic rings. The molecule has 0 aromatic carbocycles. The van der Waals surface area contributed by atoms with Gasteiger partial charge in [-0.2, -0.15) is 0 Å². The molecule has 2 rings (SSSR count). The van der Waals surface area contributed by atoms with E-state index in [0.717, 1.165) is 32.1 Å². The topological polar surface area (TPSA) is 97.2 Å². The minimum Gasteiger partial charge on any atom is -0.348 e. The molecule has 1 atom stereocenters. The number of nitrogens with one attached hydrogen (secondary N) is 2. The molecule has 110 valence electrons. The molecule has 1 aromatic rings. The standard InChI is InChI=1S/C12H16N4O3.ClH/c1-8-11(5-10(7-14-8)16(18)19)12(17)15-9-3-2-4-13-6-9;/h5,7,9,13H,2-4,6H2,1H3,(H,15,17);1H. The molecule has 0 spiro atoms. The summed E-state index contributed by atoms with van der Waals surface area (Å²) in [6.45, 7) is 3.36. The molecule has 2 heterocycles. The third-order valence-corrected chi connectivity index (χ3v) is 3.16. The van der Waals surface area contributed by atoms with Gasteiger partial charge < -0.3 is 10.6 Å². The number of halogens is 1. The maximum Gasteiger partial charge on any atom is 0.288 e. The second-order valence-corrected chi connectivity index (χ2v) is 4.60. The van der Waals surface area contributed by atoms with E-state index in [4.69, 9.17) is 0 Å². The summed E-state index contributed by atoms with van der Waals surface area (Å²) in [5.74, 6) is -0.303. The zero-order valence-corrected chi connectivity index (χ0v) is 11.9. The second kappa shape index (κ2) is 7.16. The third-order valence-electron chi connectivity index (χ3n) is 3.16. The van der Waals surface area contributed by atoms with Crippen LogP contribution in [0.15, 0.2) is 12.3 Å². The molecular formula is C12H17ClN4O3. The molecule has 1 unspecified atom stereocenters. The Hall–Kier alpha value is -1.73. The molecule has 2 N–H and O–H groups in total. The van der Waals surface area contributed by atoms with Crippen LogP contribution in [0.3, 0.4) is 0 Å². The summed E-state index contributed by atoms with van der Waals surface area (Å²) in [6.07, 6.45) is 3.09. The number of piperidine rings is 1. The second-order valence-electron chi connectivity index (χ2n) is 4.60. The zero-order chi connectivity index (χ0) is 13.8. The van der Waals surface area contributed by atoms with E-state index < -0.39 is 4.92 Å². The first-order chi connectivity index (χ1) is 9.08. The van der Waals surface area contributed by atoms with E-state index in [0.29, 0.717) is 5.69 Å². The molecule has 8 heteroatoms. The van der Waals surface area contributed by atoms with Crippen molar-refractivity contribution in [1.82, 2.24) is 15.6 Å². The van der Waals surface area contributed by atoms with Gasteiger partial charge >= 0.3 is 0 Å². The fourth-order valence-electron chi connectivity index (χ4n) is 2.09. The monoisotopic (exact) mass is 300 g/mol. The quantitative estimate of drug-likeness (QED) is 0.646. The molecule has 0 bridgehead atoms. The van der Waals surface area contributed by atoms with Crippen molar-refractivity contribution in [3.05, 3.63) is 33.6 Å². The van der Waals surface area contributed by atoms with Crippen molar-refractivity contribution in [1.29, 1.82) is 0 Å². The van der Waals surface area contributed by atoms with Crippen LogP contribution in [0.25, 0.3) is 0 Å².